The minimum absolute atomic E-state index is 0.530. The van der Waals surface area contributed by atoms with E-state index in [1.165, 1.54) is 11.1 Å². The molecule has 0 aliphatic rings. The minimum Gasteiger partial charge on any atom is -0.358 e. The van der Waals surface area contributed by atoms with Crippen LogP contribution in [0.25, 0.3) is 0 Å². The maximum atomic E-state index is 5.94. The molecule has 0 bridgehead atoms. The van der Waals surface area contributed by atoms with Crippen LogP contribution in [0.3, 0.4) is 0 Å². The Morgan fingerprint density at radius 3 is 2.22 bits per heavy atom. The summed E-state index contributed by atoms with van der Waals surface area (Å²) in [5, 5.41) is 0.798. The van der Waals surface area contributed by atoms with E-state index < -0.39 is 0 Å². The van der Waals surface area contributed by atoms with Crippen molar-refractivity contribution in [1.82, 2.24) is 0 Å². The van der Waals surface area contributed by atoms with Gasteiger partial charge in [-0.1, -0.05) is 54.1 Å². The minimum atomic E-state index is 0.530. The van der Waals surface area contributed by atoms with E-state index in [0.29, 0.717) is 5.92 Å². The molecular formula is C16H19ClN+. The van der Waals surface area contributed by atoms with Crippen LogP contribution in [0.5, 0.6) is 0 Å². The van der Waals surface area contributed by atoms with E-state index in [0.717, 1.165) is 24.4 Å². The van der Waals surface area contributed by atoms with Crippen molar-refractivity contribution in [2.75, 3.05) is 6.54 Å². The van der Waals surface area contributed by atoms with E-state index in [4.69, 9.17) is 11.6 Å². The Bertz CT molecular complexity index is 464. The highest BCUT2D eigenvalue weighted by Gasteiger charge is 2.12. The van der Waals surface area contributed by atoms with Crippen LogP contribution in [-0.2, 0) is 6.42 Å². The van der Waals surface area contributed by atoms with Crippen LogP contribution < -0.4 is 5.73 Å². The molecule has 3 N–H and O–H groups in total. The second-order valence-corrected chi connectivity index (χ2v) is 5.02. The van der Waals surface area contributed by atoms with Crippen molar-refractivity contribution >= 4 is 11.6 Å². The third kappa shape index (κ3) is 3.59. The summed E-state index contributed by atoms with van der Waals surface area (Å²) in [7, 11) is 0. The highest BCUT2D eigenvalue weighted by atomic mass is 35.5. The molecule has 0 fully saturated rings. The quantitative estimate of drug-likeness (QED) is 0.854. The van der Waals surface area contributed by atoms with Gasteiger partial charge in [0.25, 0.3) is 0 Å². The first-order chi connectivity index (χ1) is 8.79. The Hall–Kier alpha value is -1.31. The lowest BCUT2D eigenvalue weighted by Crippen LogP contribution is -2.50. The molecule has 0 aliphatic heterocycles. The average Bonchev–Trinajstić information content (AvgIpc) is 2.40. The Balaban J connectivity index is 2.15. The van der Waals surface area contributed by atoms with Crippen LogP contribution in [0.15, 0.2) is 54.6 Å². The summed E-state index contributed by atoms with van der Waals surface area (Å²) in [6.07, 6.45) is 2.18. The standard InChI is InChI=1S/C16H18ClN/c17-16-8-6-14(7-9-16)15(10-11-18)12-13-4-2-1-3-5-13/h1-9,15H,10-12,18H2/p+1/t15-/m0/s1. The molecule has 0 radical (unpaired) electrons. The van der Waals surface area contributed by atoms with Crippen molar-refractivity contribution in [3.05, 3.63) is 70.7 Å². The lowest BCUT2D eigenvalue weighted by Gasteiger charge is -2.16. The summed E-state index contributed by atoms with van der Waals surface area (Å²) in [4.78, 5) is 0. The van der Waals surface area contributed by atoms with Gasteiger partial charge in [-0.3, -0.25) is 0 Å². The molecule has 2 aromatic carbocycles. The number of hydrogen-bond acceptors (Lipinski definition) is 0. The van der Waals surface area contributed by atoms with Gasteiger partial charge < -0.3 is 5.73 Å². The maximum absolute atomic E-state index is 5.94. The summed E-state index contributed by atoms with van der Waals surface area (Å²) in [5.41, 5.74) is 6.72. The fourth-order valence-corrected chi connectivity index (χ4v) is 2.39. The summed E-state index contributed by atoms with van der Waals surface area (Å²) in [6.45, 7) is 0.958. The molecule has 94 valence electrons. The number of rotatable bonds is 5. The monoisotopic (exact) mass is 260 g/mol. The zero-order valence-corrected chi connectivity index (χ0v) is 11.2. The second-order valence-electron chi connectivity index (χ2n) is 4.58. The highest BCUT2D eigenvalue weighted by Crippen LogP contribution is 2.25. The molecular weight excluding hydrogens is 242 g/mol. The molecule has 0 amide bonds. The Kier molecular flexibility index (Phi) is 4.80. The zero-order valence-electron chi connectivity index (χ0n) is 10.5. The number of quaternary nitrogens is 1. The molecule has 2 heteroatoms. The molecule has 0 unspecified atom stereocenters. The summed E-state index contributed by atoms with van der Waals surface area (Å²) < 4.78 is 0. The third-order valence-electron chi connectivity index (χ3n) is 3.22. The van der Waals surface area contributed by atoms with E-state index in [9.17, 15) is 0 Å². The predicted molar refractivity (Wildman–Crippen MR) is 76.7 cm³/mol. The molecule has 1 atom stereocenters. The molecule has 0 saturated heterocycles. The second kappa shape index (κ2) is 6.58. The summed E-state index contributed by atoms with van der Waals surface area (Å²) >= 11 is 5.94. The molecule has 0 aromatic heterocycles. The molecule has 0 aliphatic carbocycles. The van der Waals surface area contributed by atoms with Crippen molar-refractivity contribution in [3.63, 3.8) is 0 Å². The highest BCUT2D eigenvalue weighted by molar-refractivity contribution is 6.30. The van der Waals surface area contributed by atoms with Crippen LogP contribution in [0.4, 0.5) is 0 Å². The van der Waals surface area contributed by atoms with Gasteiger partial charge in [-0.15, -0.1) is 0 Å². The topological polar surface area (TPSA) is 27.6 Å². The molecule has 0 heterocycles. The van der Waals surface area contributed by atoms with Crippen LogP contribution in [0, 0.1) is 0 Å². The molecule has 18 heavy (non-hydrogen) atoms. The number of halogens is 1. The first kappa shape index (κ1) is 13.1. The van der Waals surface area contributed by atoms with Gasteiger partial charge in [-0.25, -0.2) is 0 Å². The first-order valence-electron chi connectivity index (χ1n) is 6.38. The normalized spacial score (nSPS) is 12.3. The van der Waals surface area contributed by atoms with Crippen LogP contribution >= 0.6 is 11.6 Å². The lowest BCUT2D eigenvalue weighted by molar-refractivity contribution is -0.369. The van der Waals surface area contributed by atoms with E-state index in [-0.39, 0.29) is 0 Å². The molecule has 2 rings (SSSR count). The zero-order chi connectivity index (χ0) is 12.8. The molecule has 2 aromatic rings. The molecule has 0 spiro atoms. The Morgan fingerprint density at radius 1 is 0.944 bits per heavy atom. The largest absolute Gasteiger partial charge is 0.358 e. The SMILES string of the molecule is [NH3+]CC[C@@H](Cc1ccccc1)c1ccc(Cl)cc1. The number of hydrogen-bond donors (Lipinski definition) is 1. The fourth-order valence-electron chi connectivity index (χ4n) is 2.27. The van der Waals surface area contributed by atoms with Gasteiger partial charge in [-0.2, -0.15) is 0 Å². The summed E-state index contributed by atoms with van der Waals surface area (Å²) in [5.74, 6) is 0.530. The smallest absolute Gasteiger partial charge is 0.0745 e. The van der Waals surface area contributed by atoms with Crippen molar-refractivity contribution in [1.29, 1.82) is 0 Å². The van der Waals surface area contributed by atoms with Crippen LogP contribution in [-0.4, -0.2) is 6.54 Å². The van der Waals surface area contributed by atoms with Gasteiger partial charge in [0.05, 0.1) is 6.54 Å². The van der Waals surface area contributed by atoms with E-state index in [1.54, 1.807) is 0 Å². The van der Waals surface area contributed by atoms with Crippen LogP contribution in [0.1, 0.15) is 23.5 Å². The van der Waals surface area contributed by atoms with Gasteiger partial charge in [0, 0.05) is 11.4 Å². The Morgan fingerprint density at radius 2 is 1.61 bits per heavy atom. The predicted octanol–water partition coefficient (Wildman–Crippen LogP) is 3.30. The Labute approximate surface area is 114 Å². The van der Waals surface area contributed by atoms with Crippen molar-refractivity contribution in [2.24, 2.45) is 0 Å². The van der Waals surface area contributed by atoms with Gasteiger partial charge >= 0.3 is 0 Å². The van der Waals surface area contributed by atoms with Crippen molar-refractivity contribution < 1.29 is 5.73 Å². The van der Waals surface area contributed by atoms with Gasteiger partial charge in [0.15, 0.2) is 0 Å². The van der Waals surface area contributed by atoms with E-state index in [2.05, 4.69) is 48.2 Å². The van der Waals surface area contributed by atoms with E-state index >= 15 is 0 Å². The van der Waals surface area contributed by atoms with Gasteiger partial charge in [-0.05, 0) is 35.6 Å². The molecule has 0 saturated carbocycles. The number of benzene rings is 2. The van der Waals surface area contributed by atoms with Gasteiger partial charge in [0.2, 0.25) is 0 Å². The average molecular weight is 261 g/mol. The van der Waals surface area contributed by atoms with Crippen LogP contribution in [0.2, 0.25) is 5.02 Å². The summed E-state index contributed by atoms with van der Waals surface area (Å²) in [6, 6.07) is 18.8. The molecule has 1 nitrogen and oxygen atoms in total. The van der Waals surface area contributed by atoms with Crippen molar-refractivity contribution in [3.8, 4) is 0 Å². The van der Waals surface area contributed by atoms with Crippen molar-refractivity contribution in [2.45, 2.75) is 18.8 Å². The van der Waals surface area contributed by atoms with Gasteiger partial charge in [0.1, 0.15) is 0 Å². The van der Waals surface area contributed by atoms with E-state index in [1.807, 2.05) is 12.1 Å². The first-order valence-corrected chi connectivity index (χ1v) is 6.76. The third-order valence-corrected chi connectivity index (χ3v) is 3.47. The maximum Gasteiger partial charge on any atom is 0.0745 e. The fraction of sp³-hybridized carbons (Fsp3) is 0.250. The lowest BCUT2D eigenvalue weighted by atomic mass is 9.89.